The summed E-state index contributed by atoms with van der Waals surface area (Å²) in [5.74, 6) is 0. The van der Waals surface area contributed by atoms with E-state index in [0.29, 0.717) is 11.6 Å². The Morgan fingerprint density at radius 3 is 2.74 bits per heavy atom. The van der Waals surface area contributed by atoms with Gasteiger partial charge in [0.25, 0.3) is 0 Å². The maximum atomic E-state index is 12.2. The first-order valence-electron chi connectivity index (χ1n) is 6.53. The highest BCUT2D eigenvalue weighted by Gasteiger charge is 2.26. The summed E-state index contributed by atoms with van der Waals surface area (Å²) in [6, 6.07) is 7.10. The molecular weight excluding hydrogens is 262 g/mol. The molecular formula is C14H20ClN3O. The number of nitrogens with one attached hydrogen (secondary N) is 2. The molecule has 1 aromatic rings. The van der Waals surface area contributed by atoms with Gasteiger partial charge in [0.1, 0.15) is 0 Å². The molecule has 1 aliphatic heterocycles. The Bertz CT molecular complexity index is 445. The summed E-state index contributed by atoms with van der Waals surface area (Å²) in [6.45, 7) is 6.64. The summed E-state index contributed by atoms with van der Waals surface area (Å²) < 4.78 is 0. The van der Waals surface area contributed by atoms with Crippen LogP contribution >= 0.6 is 11.6 Å². The van der Waals surface area contributed by atoms with E-state index in [9.17, 15) is 4.79 Å². The number of urea groups is 1. The average Bonchev–Trinajstić information content (AvgIpc) is 2.53. The predicted molar refractivity (Wildman–Crippen MR) is 78.7 cm³/mol. The van der Waals surface area contributed by atoms with Crippen molar-refractivity contribution in [1.82, 2.24) is 10.2 Å². The van der Waals surface area contributed by atoms with Crippen molar-refractivity contribution < 1.29 is 4.79 Å². The van der Waals surface area contributed by atoms with Crippen LogP contribution in [0.1, 0.15) is 20.3 Å². The van der Waals surface area contributed by atoms with E-state index in [0.717, 1.165) is 25.2 Å². The summed E-state index contributed by atoms with van der Waals surface area (Å²) in [4.78, 5) is 14.1. The van der Waals surface area contributed by atoms with Crippen molar-refractivity contribution in [2.24, 2.45) is 0 Å². The van der Waals surface area contributed by atoms with Crippen LogP contribution in [0.15, 0.2) is 24.3 Å². The summed E-state index contributed by atoms with van der Waals surface area (Å²) in [7, 11) is 0. The number of rotatable bonds is 1. The first kappa shape index (κ1) is 14.2. The molecule has 0 saturated carbocycles. The van der Waals surface area contributed by atoms with Crippen molar-refractivity contribution in [3.63, 3.8) is 0 Å². The Kier molecular flexibility index (Phi) is 4.32. The number of carbonyl (C=O) groups is 1. The van der Waals surface area contributed by atoms with Crippen molar-refractivity contribution in [3.05, 3.63) is 29.3 Å². The normalized spacial score (nSPS) is 18.8. The van der Waals surface area contributed by atoms with Gasteiger partial charge in [0.15, 0.2) is 0 Å². The van der Waals surface area contributed by atoms with Gasteiger partial charge in [0.2, 0.25) is 0 Å². The molecule has 19 heavy (non-hydrogen) atoms. The minimum atomic E-state index is -0.0564. The molecule has 2 amide bonds. The Morgan fingerprint density at radius 2 is 2.05 bits per heavy atom. The quantitative estimate of drug-likeness (QED) is 0.831. The second-order valence-corrected chi connectivity index (χ2v) is 5.96. The van der Waals surface area contributed by atoms with Crippen molar-refractivity contribution in [2.45, 2.75) is 25.8 Å². The number of hydrogen-bond acceptors (Lipinski definition) is 2. The van der Waals surface area contributed by atoms with Gasteiger partial charge in [-0.1, -0.05) is 11.6 Å². The molecule has 0 aromatic heterocycles. The minimum Gasteiger partial charge on any atom is -0.323 e. The highest BCUT2D eigenvalue weighted by molar-refractivity contribution is 6.30. The second-order valence-electron chi connectivity index (χ2n) is 5.52. The van der Waals surface area contributed by atoms with Crippen LogP contribution in [0.4, 0.5) is 10.5 Å². The van der Waals surface area contributed by atoms with E-state index in [4.69, 9.17) is 11.6 Å². The molecule has 1 saturated heterocycles. The average molecular weight is 282 g/mol. The summed E-state index contributed by atoms with van der Waals surface area (Å²) in [6.07, 6.45) is 0.970. The molecule has 5 heteroatoms. The Morgan fingerprint density at radius 1 is 1.37 bits per heavy atom. The molecule has 104 valence electrons. The van der Waals surface area contributed by atoms with E-state index in [2.05, 4.69) is 24.5 Å². The molecule has 2 rings (SSSR count). The van der Waals surface area contributed by atoms with Gasteiger partial charge in [-0.3, -0.25) is 0 Å². The standard InChI is InChI=1S/C14H20ClN3O/c1-14(2)10-18(9-3-8-16-14)13(19)17-12-6-4-11(15)5-7-12/h4-7,16H,3,8-10H2,1-2H3,(H,17,19). The monoisotopic (exact) mass is 281 g/mol. The van der Waals surface area contributed by atoms with Gasteiger partial charge >= 0.3 is 6.03 Å². The fourth-order valence-electron chi connectivity index (χ4n) is 2.22. The largest absolute Gasteiger partial charge is 0.323 e. The van der Waals surface area contributed by atoms with Gasteiger partial charge in [-0.05, 0) is 51.1 Å². The van der Waals surface area contributed by atoms with Crippen molar-refractivity contribution in [1.29, 1.82) is 0 Å². The van der Waals surface area contributed by atoms with E-state index >= 15 is 0 Å². The third kappa shape index (κ3) is 4.11. The molecule has 0 bridgehead atoms. The van der Waals surface area contributed by atoms with Crippen LogP contribution in [0.3, 0.4) is 0 Å². The smallest absolute Gasteiger partial charge is 0.321 e. The number of benzene rings is 1. The van der Waals surface area contributed by atoms with Gasteiger partial charge in [-0.25, -0.2) is 4.79 Å². The van der Waals surface area contributed by atoms with E-state index in [1.807, 2.05) is 4.90 Å². The fourth-order valence-corrected chi connectivity index (χ4v) is 2.34. The van der Waals surface area contributed by atoms with Gasteiger partial charge in [0, 0.05) is 29.3 Å². The molecule has 0 spiro atoms. The topological polar surface area (TPSA) is 44.4 Å². The first-order chi connectivity index (χ1) is 8.96. The van der Waals surface area contributed by atoms with Crippen LogP contribution < -0.4 is 10.6 Å². The van der Waals surface area contributed by atoms with Crippen molar-refractivity contribution >= 4 is 23.3 Å². The number of amides is 2. The Labute approximate surface area is 119 Å². The molecule has 2 N–H and O–H groups in total. The maximum Gasteiger partial charge on any atom is 0.321 e. The second kappa shape index (κ2) is 5.80. The minimum absolute atomic E-state index is 0.0478. The van der Waals surface area contributed by atoms with Gasteiger partial charge in [0.05, 0.1) is 0 Å². The third-order valence-electron chi connectivity index (χ3n) is 3.18. The number of nitrogens with zero attached hydrogens (tertiary/aromatic N) is 1. The molecule has 0 aliphatic carbocycles. The lowest BCUT2D eigenvalue weighted by molar-refractivity contribution is 0.201. The van der Waals surface area contributed by atoms with Crippen LogP contribution in [0, 0.1) is 0 Å². The number of halogens is 1. The van der Waals surface area contributed by atoms with Crippen molar-refractivity contribution in [3.8, 4) is 0 Å². The van der Waals surface area contributed by atoms with Crippen LogP contribution in [0.5, 0.6) is 0 Å². The number of anilines is 1. The molecule has 1 aromatic carbocycles. The highest BCUT2D eigenvalue weighted by Crippen LogP contribution is 2.16. The maximum absolute atomic E-state index is 12.2. The number of carbonyl (C=O) groups excluding carboxylic acids is 1. The lowest BCUT2D eigenvalue weighted by Crippen LogP contribution is -2.48. The van der Waals surface area contributed by atoms with E-state index in [1.54, 1.807) is 24.3 Å². The summed E-state index contributed by atoms with van der Waals surface area (Å²) in [5.41, 5.74) is 0.720. The lowest BCUT2D eigenvalue weighted by Gasteiger charge is -2.30. The molecule has 0 radical (unpaired) electrons. The van der Waals surface area contributed by atoms with Crippen LogP contribution in [-0.4, -0.2) is 36.1 Å². The van der Waals surface area contributed by atoms with Crippen molar-refractivity contribution in [2.75, 3.05) is 25.0 Å². The lowest BCUT2D eigenvalue weighted by atomic mass is 10.1. The summed E-state index contributed by atoms with van der Waals surface area (Å²) >= 11 is 5.82. The van der Waals surface area contributed by atoms with E-state index < -0.39 is 0 Å². The van der Waals surface area contributed by atoms with Gasteiger partial charge in [-0.15, -0.1) is 0 Å². The molecule has 1 fully saturated rings. The molecule has 0 unspecified atom stereocenters. The van der Waals surface area contributed by atoms with Crippen LogP contribution in [0.25, 0.3) is 0 Å². The van der Waals surface area contributed by atoms with Gasteiger partial charge in [-0.2, -0.15) is 0 Å². The van der Waals surface area contributed by atoms with Gasteiger partial charge < -0.3 is 15.5 Å². The third-order valence-corrected chi connectivity index (χ3v) is 3.43. The zero-order chi connectivity index (χ0) is 13.9. The molecule has 1 aliphatic rings. The van der Waals surface area contributed by atoms with Crippen LogP contribution in [-0.2, 0) is 0 Å². The highest BCUT2D eigenvalue weighted by atomic mass is 35.5. The SMILES string of the molecule is CC1(C)CN(C(=O)Nc2ccc(Cl)cc2)CCCN1. The number of hydrogen-bond donors (Lipinski definition) is 2. The Balaban J connectivity index is 2.00. The van der Waals surface area contributed by atoms with E-state index in [-0.39, 0.29) is 11.6 Å². The first-order valence-corrected chi connectivity index (χ1v) is 6.91. The molecule has 1 heterocycles. The molecule has 4 nitrogen and oxygen atoms in total. The fraction of sp³-hybridized carbons (Fsp3) is 0.500. The van der Waals surface area contributed by atoms with E-state index in [1.165, 1.54) is 0 Å². The van der Waals surface area contributed by atoms with Crippen LogP contribution in [0.2, 0.25) is 5.02 Å². The zero-order valence-corrected chi connectivity index (χ0v) is 12.1. The molecule has 0 atom stereocenters. The summed E-state index contributed by atoms with van der Waals surface area (Å²) in [5, 5.41) is 7.01. The Hall–Kier alpha value is -1.26. The zero-order valence-electron chi connectivity index (χ0n) is 11.4. The predicted octanol–water partition coefficient (Wildman–Crippen LogP) is 2.95.